The molecular weight excluding hydrogens is 440 g/mol. The standard InChI is InChI=1S/C24H26N4O4S/c1-15-10-11-20-19(14-15)24(28(18(4)30)26-23(33-24)25-17(3)29)22(31)27(20)12-7-13-32-21-9-6-5-8-16(21)2/h5-6,8-11,14H,7,12-13H2,1-4H3,(H,25,26,29). The second-order valence-corrected chi connectivity index (χ2v) is 9.29. The third-order valence-corrected chi connectivity index (χ3v) is 6.77. The predicted octanol–water partition coefficient (Wildman–Crippen LogP) is 3.27. The monoisotopic (exact) mass is 466 g/mol. The number of benzene rings is 2. The molecule has 3 amide bonds. The summed E-state index contributed by atoms with van der Waals surface area (Å²) in [5, 5.41) is 8.32. The number of hydrogen-bond donors (Lipinski definition) is 1. The lowest BCUT2D eigenvalue weighted by Crippen LogP contribution is -2.48. The Morgan fingerprint density at radius 2 is 1.91 bits per heavy atom. The molecular formula is C24H26N4O4S. The molecule has 33 heavy (non-hydrogen) atoms. The van der Waals surface area contributed by atoms with Crippen LogP contribution in [0.4, 0.5) is 5.69 Å². The molecule has 2 heterocycles. The first kappa shape index (κ1) is 22.8. The number of carbonyl (C=O) groups is 3. The summed E-state index contributed by atoms with van der Waals surface area (Å²) in [5.74, 6) is -0.140. The molecule has 0 aliphatic carbocycles. The highest BCUT2D eigenvalue weighted by Crippen LogP contribution is 2.54. The summed E-state index contributed by atoms with van der Waals surface area (Å²) in [6.45, 7) is 7.52. The normalized spacial score (nSPS) is 19.0. The second-order valence-electron chi connectivity index (χ2n) is 8.11. The first-order valence-electron chi connectivity index (χ1n) is 10.7. The number of rotatable bonds is 5. The number of carbonyl (C=O) groups excluding carboxylic acids is 3. The number of aryl methyl sites for hydroxylation is 2. The lowest BCUT2D eigenvalue weighted by atomic mass is 10.0. The number of anilines is 1. The van der Waals surface area contributed by atoms with Crippen molar-refractivity contribution in [2.24, 2.45) is 5.10 Å². The second kappa shape index (κ2) is 8.90. The zero-order chi connectivity index (χ0) is 23.8. The van der Waals surface area contributed by atoms with Gasteiger partial charge in [-0.25, -0.2) is 0 Å². The Hall–Kier alpha value is -3.33. The highest BCUT2D eigenvalue weighted by Gasteiger charge is 2.61. The number of nitrogens with zero attached hydrogens (tertiary/aromatic N) is 3. The maximum absolute atomic E-state index is 13.8. The van der Waals surface area contributed by atoms with Gasteiger partial charge in [-0.2, -0.15) is 5.01 Å². The van der Waals surface area contributed by atoms with Crippen LogP contribution in [0.5, 0.6) is 5.75 Å². The van der Waals surface area contributed by atoms with E-state index in [1.807, 2.05) is 56.3 Å². The molecule has 2 aromatic rings. The maximum Gasteiger partial charge on any atom is 0.270 e. The van der Waals surface area contributed by atoms with Gasteiger partial charge in [0, 0.05) is 26.0 Å². The van der Waals surface area contributed by atoms with E-state index in [2.05, 4.69) is 10.4 Å². The smallest absolute Gasteiger partial charge is 0.270 e. The molecule has 4 rings (SSSR count). The van der Waals surface area contributed by atoms with Crippen molar-refractivity contribution in [2.45, 2.75) is 39.0 Å². The molecule has 0 bridgehead atoms. The molecule has 0 aromatic heterocycles. The Morgan fingerprint density at radius 3 is 2.61 bits per heavy atom. The summed E-state index contributed by atoms with van der Waals surface area (Å²) in [6.07, 6.45) is 0.605. The van der Waals surface area contributed by atoms with Gasteiger partial charge in [0.05, 0.1) is 12.3 Å². The molecule has 0 saturated carbocycles. The van der Waals surface area contributed by atoms with E-state index >= 15 is 0 Å². The fourth-order valence-electron chi connectivity index (χ4n) is 4.07. The molecule has 1 N–H and O–H groups in total. The molecule has 1 atom stereocenters. The minimum Gasteiger partial charge on any atom is -0.493 e. The number of hydrazone groups is 1. The van der Waals surface area contributed by atoms with E-state index in [-0.39, 0.29) is 22.9 Å². The van der Waals surface area contributed by atoms with E-state index < -0.39 is 4.87 Å². The Kier molecular flexibility index (Phi) is 6.16. The van der Waals surface area contributed by atoms with E-state index in [0.29, 0.717) is 25.1 Å². The zero-order valence-electron chi connectivity index (χ0n) is 19.0. The van der Waals surface area contributed by atoms with E-state index in [1.165, 1.54) is 18.9 Å². The summed E-state index contributed by atoms with van der Waals surface area (Å²) >= 11 is 1.09. The Labute approximate surface area is 197 Å². The van der Waals surface area contributed by atoms with Crippen molar-refractivity contribution in [3.05, 3.63) is 59.2 Å². The number of thioether (sulfide) groups is 1. The molecule has 8 nitrogen and oxygen atoms in total. The van der Waals surface area contributed by atoms with Crippen LogP contribution in [-0.2, 0) is 19.3 Å². The van der Waals surface area contributed by atoms with Crippen molar-refractivity contribution in [2.75, 3.05) is 18.1 Å². The van der Waals surface area contributed by atoms with Gasteiger partial charge in [-0.3, -0.25) is 14.4 Å². The van der Waals surface area contributed by atoms with Gasteiger partial charge in [-0.05, 0) is 49.7 Å². The van der Waals surface area contributed by atoms with Crippen molar-refractivity contribution in [3.8, 4) is 5.75 Å². The summed E-state index contributed by atoms with van der Waals surface area (Å²) in [4.78, 5) is 38.3. The number of hydrogen-bond acceptors (Lipinski definition) is 6. The molecule has 1 unspecified atom stereocenters. The highest BCUT2D eigenvalue weighted by molar-refractivity contribution is 8.15. The van der Waals surface area contributed by atoms with Crippen LogP contribution in [0.1, 0.15) is 37.0 Å². The summed E-state index contributed by atoms with van der Waals surface area (Å²) < 4.78 is 5.90. The van der Waals surface area contributed by atoms with Crippen molar-refractivity contribution in [1.29, 1.82) is 0 Å². The molecule has 0 saturated heterocycles. The average molecular weight is 467 g/mol. The lowest BCUT2D eigenvalue weighted by molar-refractivity contribution is -0.139. The highest BCUT2D eigenvalue weighted by atomic mass is 32.2. The number of fused-ring (bicyclic) bond motifs is 2. The van der Waals surface area contributed by atoms with Gasteiger partial charge in [0.15, 0.2) is 5.17 Å². The fourth-order valence-corrected chi connectivity index (χ4v) is 5.39. The fraction of sp³-hybridized carbons (Fsp3) is 0.333. The molecule has 172 valence electrons. The molecule has 2 aliphatic heterocycles. The minimum atomic E-state index is -1.37. The molecule has 9 heteroatoms. The van der Waals surface area contributed by atoms with Gasteiger partial charge in [-0.15, -0.1) is 5.10 Å². The summed E-state index contributed by atoms with van der Waals surface area (Å²) in [5.41, 5.74) is 3.44. The molecule has 1 spiro atoms. The van der Waals surface area contributed by atoms with Crippen molar-refractivity contribution < 1.29 is 19.1 Å². The molecule has 0 fully saturated rings. The van der Waals surface area contributed by atoms with E-state index in [4.69, 9.17) is 4.74 Å². The third kappa shape index (κ3) is 4.08. The van der Waals surface area contributed by atoms with Gasteiger partial charge < -0.3 is 15.0 Å². The summed E-state index contributed by atoms with van der Waals surface area (Å²) in [6, 6.07) is 13.5. The lowest BCUT2D eigenvalue weighted by Gasteiger charge is -2.29. The predicted molar refractivity (Wildman–Crippen MR) is 128 cm³/mol. The first-order chi connectivity index (χ1) is 15.7. The first-order valence-corrected chi connectivity index (χ1v) is 11.5. The van der Waals surface area contributed by atoms with Crippen LogP contribution in [0.25, 0.3) is 0 Å². The summed E-state index contributed by atoms with van der Waals surface area (Å²) in [7, 11) is 0. The maximum atomic E-state index is 13.8. The number of amidine groups is 1. The topological polar surface area (TPSA) is 91.3 Å². The third-order valence-electron chi connectivity index (χ3n) is 5.53. The van der Waals surface area contributed by atoms with Crippen LogP contribution in [0.15, 0.2) is 47.6 Å². The van der Waals surface area contributed by atoms with Crippen LogP contribution in [-0.4, -0.2) is 41.0 Å². The van der Waals surface area contributed by atoms with E-state index in [1.54, 1.807) is 4.90 Å². The molecule has 2 aliphatic rings. The van der Waals surface area contributed by atoms with Gasteiger partial charge in [-0.1, -0.05) is 35.9 Å². The zero-order valence-corrected chi connectivity index (χ0v) is 19.9. The van der Waals surface area contributed by atoms with Crippen LogP contribution >= 0.6 is 11.8 Å². The Morgan fingerprint density at radius 1 is 1.15 bits per heavy atom. The van der Waals surface area contributed by atoms with Crippen LogP contribution in [0.3, 0.4) is 0 Å². The van der Waals surface area contributed by atoms with Gasteiger partial charge in [0.2, 0.25) is 16.7 Å². The number of nitrogens with one attached hydrogen (secondary N) is 1. The average Bonchev–Trinajstić information content (AvgIpc) is 3.24. The van der Waals surface area contributed by atoms with E-state index in [9.17, 15) is 14.4 Å². The van der Waals surface area contributed by atoms with Gasteiger partial charge in [0.25, 0.3) is 5.91 Å². The Balaban J connectivity index is 1.60. The largest absolute Gasteiger partial charge is 0.493 e. The molecule has 0 radical (unpaired) electrons. The van der Waals surface area contributed by atoms with Crippen LogP contribution in [0, 0.1) is 13.8 Å². The minimum absolute atomic E-state index is 0.225. The van der Waals surface area contributed by atoms with E-state index in [0.717, 1.165) is 34.3 Å². The number of ether oxygens (including phenoxy) is 1. The van der Waals surface area contributed by atoms with Crippen molar-refractivity contribution in [1.82, 2.24) is 10.3 Å². The van der Waals surface area contributed by atoms with Crippen molar-refractivity contribution in [3.63, 3.8) is 0 Å². The quantitative estimate of drug-likeness (QED) is 0.683. The number of para-hydroxylation sites is 1. The van der Waals surface area contributed by atoms with Gasteiger partial charge in [0.1, 0.15) is 5.75 Å². The van der Waals surface area contributed by atoms with Crippen LogP contribution in [0.2, 0.25) is 0 Å². The van der Waals surface area contributed by atoms with Crippen LogP contribution < -0.4 is 15.0 Å². The SMILES string of the molecule is CC(=O)NC1=NN(C(C)=O)C2(S1)C(=O)N(CCCOc1ccccc1C)c1ccc(C)cc12. The van der Waals surface area contributed by atoms with Crippen molar-refractivity contribution >= 4 is 40.3 Å². The number of amides is 3. The Bertz CT molecular complexity index is 1160. The van der Waals surface area contributed by atoms with Gasteiger partial charge >= 0.3 is 0 Å². The molecule has 2 aromatic carbocycles.